The number of hydrogen-bond acceptors (Lipinski definition) is 7. The minimum Gasteiger partial charge on any atom is -0.474 e. The molecular weight excluding hydrogens is 282 g/mol. The Morgan fingerprint density at radius 1 is 1.57 bits per heavy atom. The third-order valence-corrected chi connectivity index (χ3v) is 3.05. The largest absolute Gasteiger partial charge is 0.474 e. The number of aliphatic hydroxyl groups is 2. The second-order valence-electron chi connectivity index (χ2n) is 4.55. The Hall–Kier alpha value is -2.26. The van der Waals surface area contributed by atoms with E-state index in [-0.39, 0.29) is 18.1 Å². The van der Waals surface area contributed by atoms with Gasteiger partial charge in [-0.15, -0.1) is 0 Å². The van der Waals surface area contributed by atoms with Gasteiger partial charge in [-0.05, 0) is 22.4 Å². The molecule has 0 radical (unpaired) electrons. The first-order valence-corrected chi connectivity index (χ1v) is 6.40. The maximum Gasteiger partial charge on any atom is 0.366 e. The van der Waals surface area contributed by atoms with E-state index in [0.29, 0.717) is 6.42 Å². The first-order chi connectivity index (χ1) is 9.97. The smallest absolute Gasteiger partial charge is 0.366 e. The zero-order valence-corrected chi connectivity index (χ0v) is 11.3. The Morgan fingerprint density at radius 3 is 2.86 bits per heavy atom. The molecule has 0 bridgehead atoms. The van der Waals surface area contributed by atoms with Gasteiger partial charge in [-0.2, -0.15) is 0 Å². The SMILES string of the molecule is CCC1Oc2ccc([N+](=O)[O-])nc2N(CC(O)CO)C1=O. The van der Waals surface area contributed by atoms with E-state index in [4.69, 9.17) is 9.84 Å². The Balaban J connectivity index is 2.44. The van der Waals surface area contributed by atoms with Crippen LogP contribution in [0, 0.1) is 10.1 Å². The average Bonchev–Trinajstić information content (AvgIpc) is 2.48. The second kappa shape index (κ2) is 6.02. The number of carbonyl (C=O) groups excluding carboxylic acids is 1. The molecule has 9 nitrogen and oxygen atoms in total. The molecule has 0 saturated carbocycles. The van der Waals surface area contributed by atoms with Crippen LogP contribution in [0.3, 0.4) is 0 Å². The van der Waals surface area contributed by atoms with E-state index in [0.717, 1.165) is 4.90 Å². The lowest BCUT2D eigenvalue weighted by molar-refractivity contribution is -0.389. The van der Waals surface area contributed by atoms with E-state index in [1.165, 1.54) is 12.1 Å². The van der Waals surface area contributed by atoms with E-state index in [1.807, 2.05) is 0 Å². The molecule has 1 amide bonds. The molecule has 2 rings (SSSR count). The molecule has 2 atom stereocenters. The number of anilines is 1. The molecule has 1 aliphatic heterocycles. The van der Waals surface area contributed by atoms with E-state index < -0.39 is 35.5 Å². The van der Waals surface area contributed by atoms with E-state index in [1.54, 1.807) is 6.92 Å². The number of aliphatic hydroxyl groups excluding tert-OH is 2. The van der Waals surface area contributed by atoms with Crippen LogP contribution in [0.1, 0.15) is 13.3 Å². The number of nitrogens with zero attached hydrogens (tertiary/aromatic N) is 3. The summed E-state index contributed by atoms with van der Waals surface area (Å²) in [5, 5.41) is 29.2. The van der Waals surface area contributed by atoms with Crippen LogP contribution < -0.4 is 9.64 Å². The fourth-order valence-electron chi connectivity index (χ4n) is 2.00. The lowest BCUT2D eigenvalue weighted by Crippen LogP contribution is -2.49. The molecule has 0 aliphatic carbocycles. The van der Waals surface area contributed by atoms with Crippen molar-refractivity contribution in [3.8, 4) is 5.75 Å². The number of carbonyl (C=O) groups is 1. The Morgan fingerprint density at radius 2 is 2.29 bits per heavy atom. The number of ether oxygens (including phenoxy) is 1. The highest BCUT2D eigenvalue weighted by molar-refractivity contribution is 5.99. The zero-order chi connectivity index (χ0) is 15.6. The number of fused-ring (bicyclic) bond motifs is 1. The van der Waals surface area contributed by atoms with E-state index in [2.05, 4.69) is 4.98 Å². The summed E-state index contributed by atoms with van der Waals surface area (Å²) >= 11 is 0. The topological polar surface area (TPSA) is 126 Å². The standard InChI is InChI=1S/C12H15N3O6/c1-2-8-12(18)14(5-7(17)6-16)11-9(21-8)3-4-10(13-11)15(19)20/h3-4,7-8,16-17H,2,5-6H2,1H3. The average molecular weight is 297 g/mol. The van der Waals surface area contributed by atoms with Crippen molar-refractivity contribution in [1.29, 1.82) is 0 Å². The molecule has 0 aromatic carbocycles. The summed E-state index contributed by atoms with van der Waals surface area (Å²) in [4.78, 5) is 27.3. The number of hydrogen-bond donors (Lipinski definition) is 2. The molecular formula is C12H15N3O6. The van der Waals surface area contributed by atoms with Crippen molar-refractivity contribution in [3.05, 3.63) is 22.2 Å². The van der Waals surface area contributed by atoms with Gasteiger partial charge in [0.05, 0.1) is 19.3 Å². The molecule has 2 unspecified atom stereocenters. The Bertz CT molecular complexity index is 564. The summed E-state index contributed by atoms with van der Waals surface area (Å²) in [5.41, 5.74) is 0. The van der Waals surface area contributed by atoms with Gasteiger partial charge in [-0.1, -0.05) is 6.92 Å². The molecule has 1 aromatic heterocycles. The van der Waals surface area contributed by atoms with Gasteiger partial charge < -0.3 is 25.1 Å². The van der Waals surface area contributed by atoms with Crippen LogP contribution in [0.15, 0.2) is 12.1 Å². The van der Waals surface area contributed by atoms with Crippen LogP contribution in [0.2, 0.25) is 0 Å². The molecule has 1 aliphatic rings. The molecule has 2 heterocycles. The summed E-state index contributed by atoms with van der Waals surface area (Å²) in [6.07, 6.45) is -1.51. The molecule has 114 valence electrons. The minimum absolute atomic E-state index is 0.0219. The normalized spacial score (nSPS) is 18.9. The predicted molar refractivity (Wildman–Crippen MR) is 71.0 cm³/mol. The molecule has 21 heavy (non-hydrogen) atoms. The van der Waals surface area contributed by atoms with Gasteiger partial charge in [-0.25, -0.2) is 0 Å². The van der Waals surface area contributed by atoms with Crippen LogP contribution in [-0.2, 0) is 4.79 Å². The number of pyridine rings is 1. The molecule has 2 N–H and O–H groups in total. The number of β-amino-alcohol motifs (C(OH)–C–C–N with tert-alkyl or cyclic N) is 1. The summed E-state index contributed by atoms with van der Waals surface area (Å²) in [7, 11) is 0. The Labute approximate surface area is 119 Å². The van der Waals surface area contributed by atoms with Crippen molar-refractivity contribution >= 4 is 17.5 Å². The van der Waals surface area contributed by atoms with Gasteiger partial charge in [0.1, 0.15) is 0 Å². The summed E-state index contributed by atoms with van der Waals surface area (Å²) in [6.45, 7) is 1.01. The molecule has 0 saturated heterocycles. The van der Waals surface area contributed by atoms with Gasteiger partial charge in [-0.3, -0.25) is 9.69 Å². The molecule has 1 aromatic rings. The maximum absolute atomic E-state index is 12.3. The van der Waals surface area contributed by atoms with Crippen molar-refractivity contribution in [2.75, 3.05) is 18.1 Å². The maximum atomic E-state index is 12.3. The highest BCUT2D eigenvalue weighted by atomic mass is 16.6. The van der Waals surface area contributed by atoms with E-state index >= 15 is 0 Å². The van der Waals surface area contributed by atoms with Crippen molar-refractivity contribution in [1.82, 2.24) is 4.98 Å². The van der Waals surface area contributed by atoms with Crippen LogP contribution in [0.5, 0.6) is 5.75 Å². The van der Waals surface area contributed by atoms with Crippen molar-refractivity contribution in [2.24, 2.45) is 0 Å². The van der Waals surface area contributed by atoms with Gasteiger partial charge >= 0.3 is 5.82 Å². The van der Waals surface area contributed by atoms with Crippen molar-refractivity contribution < 1.29 is 24.7 Å². The lowest BCUT2D eigenvalue weighted by Gasteiger charge is -2.31. The van der Waals surface area contributed by atoms with Crippen molar-refractivity contribution in [3.63, 3.8) is 0 Å². The summed E-state index contributed by atoms with van der Waals surface area (Å²) in [5.74, 6) is -0.669. The van der Waals surface area contributed by atoms with Crippen LogP contribution in [0.25, 0.3) is 0 Å². The lowest BCUT2D eigenvalue weighted by atomic mass is 10.1. The summed E-state index contributed by atoms with van der Waals surface area (Å²) < 4.78 is 5.45. The van der Waals surface area contributed by atoms with Crippen LogP contribution >= 0.6 is 0 Å². The van der Waals surface area contributed by atoms with Crippen LogP contribution in [-0.4, -0.2) is 51.4 Å². The van der Waals surface area contributed by atoms with Gasteiger partial charge in [0.25, 0.3) is 11.7 Å². The number of amides is 1. The third-order valence-electron chi connectivity index (χ3n) is 3.05. The molecule has 9 heteroatoms. The third kappa shape index (κ3) is 2.93. The second-order valence-corrected chi connectivity index (χ2v) is 4.55. The van der Waals surface area contributed by atoms with Crippen LogP contribution in [0.4, 0.5) is 11.6 Å². The first kappa shape index (κ1) is 15.1. The summed E-state index contributed by atoms with van der Waals surface area (Å²) in [6, 6.07) is 2.55. The Kier molecular flexibility index (Phi) is 4.34. The fraction of sp³-hybridized carbons (Fsp3) is 0.500. The minimum atomic E-state index is -1.17. The highest BCUT2D eigenvalue weighted by Crippen LogP contribution is 2.34. The predicted octanol–water partition coefficient (Wildman–Crippen LogP) is -0.153. The van der Waals surface area contributed by atoms with Gasteiger partial charge in [0.2, 0.25) is 0 Å². The van der Waals surface area contributed by atoms with Gasteiger partial charge in [0, 0.05) is 6.07 Å². The molecule has 0 fully saturated rings. The zero-order valence-electron chi connectivity index (χ0n) is 11.3. The molecule has 0 spiro atoms. The monoisotopic (exact) mass is 297 g/mol. The number of nitro groups is 1. The van der Waals surface area contributed by atoms with Crippen molar-refractivity contribution in [2.45, 2.75) is 25.6 Å². The number of aromatic nitrogens is 1. The van der Waals surface area contributed by atoms with Gasteiger partial charge in [0.15, 0.2) is 11.9 Å². The van der Waals surface area contributed by atoms with E-state index in [9.17, 15) is 20.0 Å². The number of rotatable bonds is 5. The quantitative estimate of drug-likeness (QED) is 0.571. The first-order valence-electron chi connectivity index (χ1n) is 6.40. The highest BCUT2D eigenvalue weighted by Gasteiger charge is 2.38. The fourth-order valence-corrected chi connectivity index (χ4v) is 2.00.